The molecule has 0 amide bonds. The first kappa shape index (κ1) is 18.3. The van der Waals surface area contributed by atoms with Gasteiger partial charge in [-0.25, -0.2) is 4.39 Å². The molecular formula is C18H24FN3OS. The van der Waals surface area contributed by atoms with Crippen molar-refractivity contribution in [3.05, 3.63) is 52.0 Å². The number of nitrogens with one attached hydrogen (secondary N) is 1. The van der Waals surface area contributed by atoms with E-state index in [-0.39, 0.29) is 11.6 Å². The van der Waals surface area contributed by atoms with Gasteiger partial charge in [0.15, 0.2) is 17.5 Å². The number of guanidine groups is 1. The lowest BCUT2D eigenvalue weighted by atomic mass is 10.1. The number of aliphatic imine (C=N–C) groups is 1. The third-order valence-corrected chi connectivity index (χ3v) is 4.91. The molecule has 0 radical (unpaired) electrons. The SMILES string of the molecule is CN=C(NCC(C)c1cccs1)N(C)Cc1ccc(OC)c(F)c1. The number of hydrogen-bond donors (Lipinski definition) is 1. The van der Waals surface area contributed by atoms with E-state index < -0.39 is 0 Å². The van der Waals surface area contributed by atoms with Crippen LogP contribution in [0, 0.1) is 5.82 Å². The van der Waals surface area contributed by atoms with E-state index in [4.69, 9.17) is 4.74 Å². The third kappa shape index (κ3) is 4.71. The second-order valence-electron chi connectivity index (χ2n) is 5.67. The Kier molecular flexibility index (Phi) is 6.61. The predicted molar refractivity (Wildman–Crippen MR) is 98.5 cm³/mol. The molecule has 24 heavy (non-hydrogen) atoms. The summed E-state index contributed by atoms with van der Waals surface area (Å²) in [5.74, 6) is 1.11. The summed E-state index contributed by atoms with van der Waals surface area (Å²) in [4.78, 5) is 7.63. The summed E-state index contributed by atoms with van der Waals surface area (Å²) < 4.78 is 18.8. The molecule has 0 aliphatic carbocycles. The monoisotopic (exact) mass is 349 g/mol. The Morgan fingerprint density at radius 3 is 2.79 bits per heavy atom. The zero-order valence-corrected chi connectivity index (χ0v) is 15.4. The molecule has 4 nitrogen and oxygen atoms in total. The molecule has 6 heteroatoms. The Morgan fingerprint density at radius 2 is 2.21 bits per heavy atom. The number of hydrogen-bond acceptors (Lipinski definition) is 3. The topological polar surface area (TPSA) is 36.9 Å². The summed E-state index contributed by atoms with van der Waals surface area (Å²) in [6, 6.07) is 9.21. The van der Waals surface area contributed by atoms with Gasteiger partial charge < -0.3 is 15.0 Å². The van der Waals surface area contributed by atoms with Crippen molar-refractivity contribution >= 4 is 17.3 Å². The number of nitrogens with zero attached hydrogens (tertiary/aromatic N) is 2. The highest BCUT2D eigenvalue weighted by molar-refractivity contribution is 7.10. The fraction of sp³-hybridized carbons (Fsp3) is 0.389. The maximum Gasteiger partial charge on any atom is 0.193 e. The van der Waals surface area contributed by atoms with Crippen molar-refractivity contribution in [2.45, 2.75) is 19.4 Å². The maximum absolute atomic E-state index is 13.8. The highest BCUT2D eigenvalue weighted by Crippen LogP contribution is 2.20. The number of methoxy groups -OCH3 is 1. The van der Waals surface area contributed by atoms with Crippen LogP contribution in [0.25, 0.3) is 0 Å². The molecule has 1 atom stereocenters. The van der Waals surface area contributed by atoms with Crippen LogP contribution in [0.5, 0.6) is 5.75 Å². The molecule has 0 saturated heterocycles. The van der Waals surface area contributed by atoms with Crippen LogP contribution < -0.4 is 10.1 Å². The van der Waals surface area contributed by atoms with Crippen molar-refractivity contribution in [2.24, 2.45) is 4.99 Å². The molecule has 0 aliphatic rings. The lowest BCUT2D eigenvalue weighted by Crippen LogP contribution is -2.40. The Hall–Kier alpha value is -2.08. The van der Waals surface area contributed by atoms with Crippen molar-refractivity contribution in [1.82, 2.24) is 10.2 Å². The van der Waals surface area contributed by atoms with Crippen molar-refractivity contribution < 1.29 is 9.13 Å². The standard InChI is InChI=1S/C18H24FN3OS/c1-13(17-6-5-9-24-17)11-21-18(20-2)22(3)12-14-7-8-16(23-4)15(19)10-14/h5-10,13H,11-12H2,1-4H3,(H,20,21). The normalized spacial score (nSPS) is 12.8. The Labute approximate surface area is 147 Å². The quantitative estimate of drug-likeness (QED) is 0.638. The second kappa shape index (κ2) is 8.68. The van der Waals surface area contributed by atoms with E-state index >= 15 is 0 Å². The van der Waals surface area contributed by atoms with Crippen LogP contribution in [0.4, 0.5) is 4.39 Å². The van der Waals surface area contributed by atoms with Crippen LogP contribution >= 0.6 is 11.3 Å². The lowest BCUT2D eigenvalue weighted by molar-refractivity contribution is 0.385. The number of halogens is 1. The van der Waals surface area contributed by atoms with Gasteiger partial charge in [-0.1, -0.05) is 19.1 Å². The van der Waals surface area contributed by atoms with Crippen molar-refractivity contribution in [3.8, 4) is 5.75 Å². The fourth-order valence-corrected chi connectivity index (χ4v) is 3.25. The van der Waals surface area contributed by atoms with Crippen molar-refractivity contribution in [2.75, 3.05) is 27.7 Å². The van der Waals surface area contributed by atoms with E-state index in [9.17, 15) is 4.39 Å². The van der Waals surface area contributed by atoms with E-state index in [1.165, 1.54) is 18.1 Å². The smallest absolute Gasteiger partial charge is 0.193 e. The first-order valence-corrected chi connectivity index (χ1v) is 8.70. The van der Waals surface area contributed by atoms with Crippen LogP contribution in [0.2, 0.25) is 0 Å². The molecule has 1 aromatic carbocycles. The van der Waals surface area contributed by atoms with Crippen LogP contribution in [-0.2, 0) is 6.54 Å². The molecule has 1 heterocycles. The fourth-order valence-electron chi connectivity index (χ4n) is 2.46. The van der Waals surface area contributed by atoms with Crippen LogP contribution in [-0.4, -0.2) is 38.6 Å². The van der Waals surface area contributed by atoms with E-state index in [0.29, 0.717) is 12.5 Å². The predicted octanol–water partition coefficient (Wildman–Crippen LogP) is 3.71. The summed E-state index contributed by atoms with van der Waals surface area (Å²) in [5, 5.41) is 5.47. The minimum absolute atomic E-state index is 0.258. The molecule has 130 valence electrons. The van der Waals surface area contributed by atoms with E-state index in [2.05, 4.69) is 34.7 Å². The minimum Gasteiger partial charge on any atom is -0.494 e. The van der Waals surface area contributed by atoms with Gasteiger partial charge in [-0.2, -0.15) is 0 Å². The van der Waals surface area contributed by atoms with Gasteiger partial charge in [0.25, 0.3) is 0 Å². The first-order valence-electron chi connectivity index (χ1n) is 7.82. The molecule has 2 aromatic rings. The van der Waals surface area contributed by atoms with Crippen LogP contribution in [0.3, 0.4) is 0 Å². The third-order valence-electron chi connectivity index (χ3n) is 3.80. The summed E-state index contributed by atoms with van der Waals surface area (Å²) in [6.45, 7) is 3.55. The zero-order chi connectivity index (χ0) is 17.5. The first-order chi connectivity index (χ1) is 11.5. The van der Waals surface area contributed by atoms with Gasteiger partial charge in [0.2, 0.25) is 0 Å². The van der Waals surface area contributed by atoms with Crippen molar-refractivity contribution in [3.63, 3.8) is 0 Å². The molecule has 0 aliphatic heterocycles. The van der Waals surface area contributed by atoms with Gasteiger partial charge in [-0.05, 0) is 29.1 Å². The molecule has 1 N–H and O–H groups in total. The summed E-state index contributed by atoms with van der Waals surface area (Å²) in [7, 11) is 5.15. The second-order valence-corrected chi connectivity index (χ2v) is 6.65. The van der Waals surface area contributed by atoms with E-state index in [1.807, 2.05) is 18.0 Å². The largest absolute Gasteiger partial charge is 0.494 e. The van der Waals surface area contributed by atoms with Gasteiger partial charge in [-0.3, -0.25) is 4.99 Å². The van der Waals surface area contributed by atoms with Crippen molar-refractivity contribution in [1.29, 1.82) is 0 Å². The molecule has 0 saturated carbocycles. The molecule has 1 aromatic heterocycles. The summed E-state index contributed by atoms with van der Waals surface area (Å²) >= 11 is 1.76. The van der Waals surface area contributed by atoms with Gasteiger partial charge in [-0.15, -0.1) is 11.3 Å². The van der Waals surface area contributed by atoms with Crippen LogP contribution in [0.1, 0.15) is 23.3 Å². The number of benzene rings is 1. The average molecular weight is 349 g/mol. The highest BCUT2D eigenvalue weighted by Gasteiger charge is 2.12. The van der Waals surface area contributed by atoms with Gasteiger partial charge in [0, 0.05) is 38.0 Å². The molecule has 0 fully saturated rings. The lowest BCUT2D eigenvalue weighted by Gasteiger charge is -2.23. The zero-order valence-electron chi connectivity index (χ0n) is 14.5. The Morgan fingerprint density at radius 1 is 1.42 bits per heavy atom. The number of rotatable bonds is 6. The number of thiophene rings is 1. The Balaban J connectivity index is 1.94. The van der Waals surface area contributed by atoms with Gasteiger partial charge in [0.1, 0.15) is 0 Å². The minimum atomic E-state index is -0.349. The molecule has 0 bridgehead atoms. The summed E-state index contributed by atoms with van der Waals surface area (Å²) in [6.07, 6.45) is 0. The maximum atomic E-state index is 13.8. The number of ether oxygens (including phenoxy) is 1. The molecule has 0 spiro atoms. The van der Waals surface area contributed by atoms with E-state index in [0.717, 1.165) is 18.1 Å². The highest BCUT2D eigenvalue weighted by atomic mass is 32.1. The van der Waals surface area contributed by atoms with E-state index in [1.54, 1.807) is 24.5 Å². The van der Waals surface area contributed by atoms with Gasteiger partial charge in [0.05, 0.1) is 7.11 Å². The summed E-state index contributed by atoms with van der Waals surface area (Å²) in [5.41, 5.74) is 0.866. The van der Waals surface area contributed by atoms with Crippen LogP contribution in [0.15, 0.2) is 40.7 Å². The molecular weight excluding hydrogens is 325 g/mol. The molecule has 1 unspecified atom stereocenters. The average Bonchev–Trinajstić information content (AvgIpc) is 3.10. The Bertz CT molecular complexity index is 673. The van der Waals surface area contributed by atoms with Gasteiger partial charge >= 0.3 is 0 Å². The molecule has 2 rings (SSSR count).